The van der Waals surface area contributed by atoms with E-state index in [1.807, 2.05) is 25.7 Å². The normalized spacial score (nSPS) is 12.4. The molecule has 13 heavy (non-hydrogen) atoms. The summed E-state index contributed by atoms with van der Waals surface area (Å²) in [6, 6.07) is 0.619. The monoisotopic (exact) mass is 199 g/mol. The van der Waals surface area contributed by atoms with Gasteiger partial charge >= 0.3 is 0 Å². The Labute approximate surface area is 87.1 Å². The van der Waals surface area contributed by atoms with Crippen LogP contribution >= 0.6 is 11.8 Å². The Morgan fingerprint density at radius 3 is 2.54 bits per heavy atom. The standard InChI is InChI=1S/C11H21NS/c1-5-6-7-8-11(12-4)9-13-10(2)3/h10-12H,7-9H2,1-4H3. The van der Waals surface area contributed by atoms with Crippen molar-refractivity contribution in [3.05, 3.63) is 0 Å². The van der Waals surface area contributed by atoms with Gasteiger partial charge in [0.1, 0.15) is 0 Å². The van der Waals surface area contributed by atoms with Gasteiger partial charge in [-0.25, -0.2) is 0 Å². The summed E-state index contributed by atoms with van der Waals surface area (Å²) >= 11 is 2.01. The van der Waals surface area contributed by atoms with Gasteiger partial charge in [0.15, 0.2) is 0 Å². The molecule has 0 fully saturated rings. The predicted octanol–water partition coefficient (Wildman–Crippen LogP) is 2.52. The molecular weight excluding hydrogens is 178 g/mol. The van der Waals surface area contributed by atoms with Gasteiger partial charge in [-0.05, 0) is 25.6 Å². The maximum absolute atomic E-state index is 3.33. The summed E-state index contributed by atoms with van der Waals surface area (Å²) in [5, 5.41) is 4.06. The molecule has 0 radical (unpaired) electrons. The van der Waals surface area contributed by atoms with Crippen LogP contribution in [-0.4, -0.2) is 24.1 Å². The minimum atomic E-state index is 0.619. The van der Waals surface area contributed by atoms with Gasteiger partial charge in [0, 0.05) is 18.2 Å². The number of thioether (sulfide) groups is 1. The lowest BCUT2D eigenvalue weighted by molar-refractivity contribution is 0.582. The molecule has 0 aromatic carbocycles. The fourth-order valence-electron chi connectivity index (χ4n) is 0.991. The third kappa shape index (κ3) is 8.21. The minimum absolute atomic E-state index is 0.619. The van der Waals surface area contributed by atoms with Gasteiger partial charge < -0.3 is 5.32 Å². The molecule has 0 saturated heterocycles. The zero-order valence-electron chi connectivity index (χ0n) is 9.18. The van der Waals surface area contributed by atoms with Gasteiger partial charge in [-0.2, -0.15) is 11.8 Å². The molecular formula is C11H21NS. The largest absolute Gasteiger partial charge is 0.316 e. The smallest absolute Gasteiger partial charge is 0.0164 e. The SMILES string of the molecule is CC#CCCC(CSC(C)C)NC. The van der Waals surface area contributed by atoms with Crippen LogP contribution in [-0.2, 0) is 0 Å². The first-order valence-electron chi connectivity index (χ1n) is 4.89. The molecule has 76 valence electrons. The quantitative estimate of drug-likeness (QED) is 0.660. The number of rotatable bonds is 6. The van der Waals surface area contributed by atoms with E-state index in [0.717, 1.165) is 18.1 Å². The Hall–Kier alpha value is -0.130. The Morgan fingerprint density at radius 1 is 1.38 bits per heavy atom. The highest BCUT2D eigenvalue weighted by Crippen LogP contribution is 2.12. The third-order valence-corrected chi connectivity index (χ3v) is 3.10. The summed E-state index contributed by atoms with van der Waals surface area (Å²) < 4.78 is 0. The number of hydrogen-bond donors (Lipinski definition) is 1. The molecule has 0 bridgehead atoms. The van der Waals surface area contributed by atoms with Crippen LogP contribution in [0.15, 0.2) is 0 Å². The highest BCUT2D eigenvalue weighted by molar-refractivity contribution is 7.99. The van der Waals surface area contributed by atoms with Crippen molar-refractivity contribution in [2.45, 2.75) is 44.9 Å². The topological polar surface area (TPSA) is 12.0 Å². The van der Waals surface area contributed by atoms with Gasteiger partial charge in [-0.15, -0.1) is 11.8 Å². The zero-order valence-corrected chi connectivity index (χ0v) is 10.0. The summed E-state index contributed by atoms with van der Waals surface area (Å²) in [6.45, 7) is 6.38. The molecule has 0 amide bonds. The fraction of sp³-hybridized carbons (Fsp3) is 0.818. The first kappa shape index (κ1) is 12.9. The molecule has 0 spiro atoms. The molecule has 1 nitrogen and oxygen atoms in total. The third-order valence-electron chi connectivity index (χ3n) is 1.83. The lowest BCUT2D eigenvalue weighted by Crippen LogP contribution is -2.28. The summed E-state index contributed by atoms with van der Waals surface area (Å²) in [4.78, 5) is 0. The predicted molar refractivity (Wildman–Crippen MR) is 63.1 cm³/mol. The molecule has 2 heteroatoms. The van der Waals surface area contributed by atoms with E-state index < -0.39 is 0 Å². The van der Waals surface area contributed by atoms with Gasteiger partial charge in [-0.3, -0.25) is 0 Å². The van der Waals surface area contributed by atoms with E-state index in [1.54, 1.807) is 0 Å². The van der Waals surface area contributed by atoms with Crippen LogP contribution in [0.25, 0.3) is 0 Å². The van der Waals surface area contributed by atoms with E-state index in [0.29, 0.717) is 6.04 Å². The van der Waals surface area contributed by atoms with Gasteiger partial charge in [0.05, 0.1) is 0 Å². The van der Waals surface area contributed by atoms with Crippen molar-refractivity contribution in [3.8, 4) is 11.8 Å². The van der Waals surface area contributed by atoms with Crippen molar-refractivity contribution >= 4 is 11.8 Å². The van der Waals surface area contributed by atoms with Gasteiger partial charge in [0.25, 0.3) is 0 Å². The van der Waals surface area contributed by atoms with E-state index in [4.69, 9.17) is 0 Å². The highest BCUT2D eigenvalue weighted by Gasteiger charge is 2.05. The number of nitrogens with one attached hydrogen (secondary N) is 1. The molecule has 0 aliphatic rings. The van der Waals surface area contributed by atoms with E-state index in [-0.39, 0.29) is 0 Å². The molecule has 1 atom stereocenters. The van der Waals surface area contributed by atoms with E-state index >= 15 is 0 Å². The Bertz CT molecular complexity index is 167. The molecule has 0 rings (SSSR count). The lowest BCUT2D eigenvalue weighted by atomic mass is 10.2. The average molecular weight is 199 g/mol. The molecule has 0 aromatic heterocycles. The maximum Gasteiger partial charge on any atom is 0.0164 e. The van der Waals surface area contributed by atoms with Gasteiger partial charge in [0.2, 0.25) is 0 Å². The first-order valence-corrected chi connectivity index (χ1v) is 5.94. The highest BCUT2D eigenvalue weighted by atomic mass is 32.2. The molecule has 0 saturated carbocycles. The molecule has 0 aromatic rings. The van der Waals surface area contributed by atoms with Crippen LogP contribution in [0.5, 0.6) is 0 Å². The summed E-state index contributed by atoms with van der Waals surface area (Å²) in [5.74, 6) is 7.22. The van der Waals surface area contributed by atoms with E-state index in [9.17, 15) is 0 Å². The summed E-state index contributed by atoms with van der Waals surface area (Å²) in [5.41, 5.74) is 0. The minimum Gasteiger partial charge on any atom is -0.316 e. The Morgan fingerprint density at radius 2 is 2.08 bits per heavy atom. The van der Waals surface area contributed by atoms with E-state index in [1.165, 1.54) is 5.75 Å². The van der Waals surface area contributed by atoms with Crippen molar-refractivity contribution in [1.29, 1.82) is 0 Å². The molecule has 1 unspecified atom stereocenters. The molecule has 0 heterocycles. The van der Waals surface area contributed by atoms with E-state index in [2.05, 4.69) is 31.0 Å². The van der Waals surface area contributed by atoms with Crippen LogP contribution in [0.3, 0.4) is 0 Å². The van der Waals surface area contributed by atoms with Crippen molar-refractivity contribution in [3.63, 3.8) is 0 Å². The van der Waals surface area contributed by atoms with Crippen LogP contribution in [0.4, 0.5) is 0 Å². The van der Waals surface area contributed by atoms with Crippen LogP contribution in [0.1, 0.15) is 33.6 Å². The number of hydrogen-bond acceptors (Lipinski definition) is 2. The van der Waals surface area contributed by atoms with Crippen LogP contribution in [0.2, 0.25) is 0 Å². The maximum atomic E-state index is 3.33. The molecule has 1 N–H and O–H groups in total. The van der Waals surface area contributed by atoms with Crippen molar-refractivity contribution in [2.75, 3.05) is 12.8 Å². The fourth-order valence-corrected chi connectivity index (χ4v) is 1.94. The molecule has 0 aliphatic carbocycles. The second-order valence-corrected chi connectivity index (χ2v) is 4.94. The van der Waals surface area contributed by atoms with Crippen molar-refractivity contribution < 1.29 is 0 Å². The Balaban J connectivity index is 3.54. The van der Waals surface area contributed by atoms with Crippen molar-refractivity contribution in [1.82, 2.24) is 5.32 Å². The summed E-state index contributed by atoms with van der Waals surface area (Å²) in [7, 11) is 2.03. The Kier molecular flexibility index (Phi) is 8.38. The second kappa shape index (κ2) is 8.47. The van der Waals surface area contributed by atoms with Crippen molar-refractivity contribution in [2.24, 2.45) is 0 Å². The zero-order chi connectivity index (χ0) is 10.1. The second-order valence-electron chi connectivity index (χ2n) is 3.33. The molecule has 0 aliphatic heterocycles. The van der Waals surface area contributed by atoms with Crippen LogP contribution in [0, 0.1) is 11.8 Å². The van der Waals surface area contributed by atoms with Crippen LogP contribution < -0.4 is 5.32 Å². The summed E-state index contributed by atoms with van der Waals surface area (Å²) in [6.07, 6.45) is 2.18. The first-order chi connectivity index (χ1) is 6.20. The average Bonchev–Trinajstić information content (AvgIpc) is 2.10. The van der Waals surface area contributed by atoms with Gasteiger partial charge in [-0.1, -0.05) is 13.8 Å². The lowest BCUT2D eigenvalue weighted by Gasteiger charge is -2.15.